The quantitative estimate of drug-likeness (QED) is 0.102. The first-order valence-corrected chi connectivity index (χ1v) is 22.4. The van der Waals surface area contributed by atoms with Gasteiger partial charge in [0.15, 0.2) is 0 Å². The number of benzene rings is 1. The van der Waals surface area contributed by atoms with E-state index in [4.69, 9.17) is 16.6 Å². The van der Waals surface area contributed by atoms with Crippen molar-refractivity contribution in [1.82, 2.24) is 39.8 Å². The van der Waals surface area contributed by atoms with Crippen LogP contribution in [-0.2, 0) is 29.6 Å². The number of nitrogens with zero attached hydrogens (tertiary/aromatic N) is 7. The summed E-state index contributed by atoms with van der Waals surface area (Å²) < 4.78 is 16.8. The number of hydrogen-bond acceptors (Lipinski definition) is 9. The molecule has 2 saturated heterocycles. The number of fused-ring (bicyclic) bond motifs is 1. The molecule has 3 aromatic rings. The van der Waals surface area contributed by atoms with Gasteiger partial charge in [-0.3, -0.25) is 24.4 Å². The number of likely N-dealkylation sites (tertiary alicyclic amines) is 1. The third kappa shape index (κ3) is 9.62. The largest absolute Gasteiger partial charge is 0.465 e. The van der Waals surface area contributed by atoms with Crippen molar-refractivity contribution in [2.45, 2.75) is 133 Å². The average Bonchev–Trinajstić information content (AvgIpc) is 3.91. The Morgan fingerprint density at radius 1 is 1.00 bits per heavy atom. The molecule has 16 heteroatoms. The number of carboxylic acid groups (broad SMARTS) is 1. The monoisotopic (exact) mass is 845 g/mol. The zero-order chi connectivity index (χ0) is 41.9. The minimum atomic E-state index is -0.854. The molecule has 3 N–H and O–H groups in total. The molecule has 3 aliphatic heterocycles. The molecule has 4 amide bonds. The fraction of sp³-hybridized carbons (Fsp3) is 0.614. The summed E-state index contributed by atoms with van der Waals surface area (Å²) in [6, 6.07) is 2.26. The molecule has 2 unspecified atom stereocenters. The Hall–Kier alpha value is -4.63. The summed E-state index contributed by atoms with van der Waals surface area (Å²) in [6.45, 7) is 3.47. The molecule has 2 atom stereocenters. The van der Waals surface area contributed by atoms with Crippen LogP contribution in [0.25, 0.3) is 11.3 Å². The van der Waals surface area contributed by atoms with E-state index in [1.165, 1.54) is 23.8 Å². The van der Waals surface area contributed by atoms with Crippen molar-refractivity contribution >= 4 is 41.4 Å². The summed E-state index contributed by atoms with van der Waals surface area (Å²) in [5, 5.41) is 20.9. The van der Waals surface area contributed by atoms with Crippen LogP contribution in [0.3, 0.4) is 0 Å². The lowest BCUT2D eigenvalue weighted by Gasteiger charge is -2.35. The summed E-state index contributed by atoms with van der Waals surface area (Å²) >= 11 is 6.59. The number of aromatic nitrogens is 4. The lowest BCUT2D eigenvalue weighted by Crippen LogP contribution is -2.52. The molecule has 0 radical (unpaired) electrons. The number of nitrogens with one attached hydrogen (secondary N) is 2. The minimum absolute atomic E-state index is 0.00684. The van der Waals surface area contributed by atoms with Gasteiger partial charge in [0.1, 0.15) is 11.9 Å². The van der Waals surface area contributed by atoms with Crippen molar-refractivity contribution in [1.29, 1.82) is 0 Å². The molecule has 5 aliphatic rings. The maximum Gasteiger partial charge on any atom is 0.407 e. The number of unbranched alkanes of at least 4 members (excludes halogenated alkanes) is 4. The van der Waals surface area contributed by atoms with Crippen LogP contribution < -0.4 is 10.6 Å². The van der Waals surface area contributed by atoms with Crippen LogP contribution in [-0.4, -0.2) is 108 Å². The first-order chi connectivity index (χ1) is 29.0. The Kier molecular flexibility index (Phi) is 13.0. The van der Waals surface area contributed by atoms with Crippen molar-refractivity contribution < 1.29 is 28.7 Å². The average molecular weight is 846 g/mol. The highest BCUT2D eigenvalue weighted by Gasteiger charge is 2.41. The van der Waals surface area contributed by atoms with E-state index in [-0.39, 0.29) is 49.2 Å². The molecule has 60 heavy (non-hydrogen) atoms. The van der Waals surface area contributed by atoms with Gasteiger partial charge in [0.2, 0.25) is 17.8 Å². The SMILES string of the molecule is Cn1ncc(-c2nc(NC3CCC(N(CCCCCCCN4CCCC(c5cc(F)cc6c5CN(C5CCC(=O)NC5=O)C6=O)C4)C(=O)O)CC3)ncc2Cl)c1CC1CC1. The molecule has 5 heterocycles. The van der Waals surface area contributed by atoms with Crippen molar-refractivity contribution in [3.63, 3.8) is 0 Å². The van der Waals surface area contributed by atoms with Gasteiger partial charge in [0.25, 0.3) is 5.91 Å². The fourth-order valence-corrected chi connectivity index (χ4v) is 10.1. The number of imide groups is 1. The summed E-state index contributed by atoms with van der Waals surface area (Å²) in [4.78, 5) is 64.9. The molecule has 1 aromatic carbocycles. The zero-order valence-electron chi connectivity index (χ0n) is 34.5. The standard InChI is InChI=1S/C44H57ClFN9O5/c1-52-38(20-27-9-10-27)34(23-48-52)40-36(45)24-47-43(51-40)49-30-11-13-31(14-12-30)54(44(59)60)19-6-4-2-3-5-17-53-18-7-8-28(25-53)32-21-29(46)22-33-35(32)26-55(42(33)58)37-15-16-39(56)50-41(37)57/h21-24,27-28,30-31,37H,2-20,25-26H2,1H3,(H,59,60)(H,47,49,51)(H,50,56,57). The van der Waals surface area contributed by atoms with Gasteiger partial charge in [-0.15, -0.1) is 0 Å². The van der Waals surface area contributed by atoms with Gasteiger partial charge in [0, 0.05) is 62.0 Å². The smallest absolute Gasteiger partial charge is 0.407 e. The topological polar surface area (TPSA) is 166 Å². The second kappa shape index (κ2) is 18.6. The van der Waals surface area contributed by atoms with Crippen LogP contribution in [0, 0.1) is 11.7 Å². The Morgan fingerprint density at radius 2 is 1.78 bits per heavy atom. The highest BCUT2D eigenvalue weighted by Crippen LogP contribution is 2.39. The third-order valence-corrected chi connectivity index (χ3v) is 13.7. The van der Waals surface area contributed by atoms with Crippen LogP contribution in [0.1, 0.15) is 129 Å². The van der Waals surface area contributed by atoms with Gasteiger partial charge in [0.05, 0.1) is 23.1 Å². The fourth-order valence-electron chi connectivity index (χ4n) is 9.95. The summed E-state index contributed by atoms with van der Waals surface area (Å²) in [5.41, 5.74) is 4.77. The molecular formula is C44H57ClFN9O5. The Morgan fingerprint density at radius 3 is 2.55 bits per heavy atom. The molecule has 8 rings (SSSR count). The van der Waals surface area contributed by atoms with E-state index in [0.717, 1.165) is 119 Å². The number of amides is 4. The lowest BCUT2D eigenvalue weighted by molar-refractivity contribution is -0.136. The van der Waals surface area contributed by atoms with Crippen molar-refractivity contribution in [3.05, 3.63) is 57.8 Å². The maximum absolute atomic E-state index is 14.9. The number of rotatable bonds is 16. The van der Waals surface area contributed by atoms with E-state index in [2.05, 4.69) is 25.6 Å². The molecule has 14 nitrogen and oxygen atoms in total. The molecule has 2 saturated carbocycles. The zero-order valence-corrected chi connectivity index (χ0v) is 35.3. The third-order valence-electron chi connectivity index (χ3n) is 13.4. The second-order valence-corrected chi connectivity index (χ2v) is 18.0. The van der Waals surface area contributed by atoms with Crippen LogP contribution in [0.4, 0.5) is 15.1 Å². The number of halogens is 2. The Labute approximate surface area is 355 Å². The molecule has 322 valence electrons. The highest BCUT2D eigenvalue weighted by molar-refractivity contribution is 6.33. The van der Waals surface area contributed by atoms with Gasteiger partial charge in [-0.25, -0.2) is 19.2 Å². The summed E-state index contributed by atoms with van der Waals surface area (Å²) in [5.74, 6) is -0.279. The summed E-state index contributed by atoms with van der Waals surface area (Å²) in [6.07, 6.45) is 16.5. The van der Waals surface area contributed by atoms with Gasteiger partial charge in [-0.1, -0.05) is 30.9 Å². The van der Waals surface area contributed by atoms with Gasteiger partial charge < -0.3 is 25.1 Å². The van der Waals surface area contributed by atoms with E-state index in [1.54, 1.807) is 17.2 Å². The number of piperidine rings is 2. The van der Waals surface area contributed by atoms with Crippen molar-refractivity contribution in [2.24, 2.45) is 13.0 Å². The predicted molar refractivity (Wildman–Crippen MR) is 224 cm³/mol. The maximum atomic E-state index is 14.9. The Bertz CT molecular complexity index is 2090. The van der Waals surface area contributed by atoms with Gasteiger partial charge >= 0.3 is 6.09 Å². The highest BCUT2D eigenvalue weighted by atomic mass is 35.5. The number of anilines is 1. The van der Waals surface area contributed by atoms with E-state index in [9.17, 15) is 28.7 Å². The van der Waals surface area contributed by atoms with Crippen molar-refractivity contribution in [3.8, 4) is 11.3 Å². The molecule has 2 aromatic heterocycles. The van der Waals surface area contributed by atoms with Crippen LogP contribution in [0.15, 0.2) is 24.5 Å². The van der Waals surface area contributed by atoms with Crippen LogP contribution >= 0.6 is 11.6 Å². The number of carbonyl (C=O) groups is 4. The van der Waals surface area contributed by atoms with Crippen LogP contribution in [0.2, 0.25) is 5.02 Å². The molecular weight excluding hydrogens is 789 g/mol. The number of carbonyl (C=O) groups excluding carboxylic acids is 3. The molecule has 0 spiro atoms. The van der Waals surface area contributed by atoms with Crippen molar-refractivity contribution in [2.75, 3.05) is 31.5 Å². The molecule has 2 aliphatic carbocycles. The number of aryl methyl sites for hydroxylation is 1. The predicted octanol–water partition coefficient (Wildman–Crippen LogP) is 6.92. The molecule has 0 bridgehead atoms. The van der Waals surface area contributed by atoms with Gasteiger partial charge in [-0.2, -0.15) is 5.10 Å². The number of hydrogen-bond donors (Lipinski definition) is 3. The first kappa shape index (κ1) is 42.1. The normalized spacial score (nSPS) is 23.4. The van der Waals surface area contributed by atoms with Gasteiger partial charge in [-0.05, 0) is 125 Å². The Balaban J connectivity index is 0.754. The van der Waals surface area contributed by atoms with E-state index >= 15 is 0 Å². The lowest BCUT2D eigenvalue weighted by atomic mass is 9.86. The van der Waals surface area contributed by atoms with E-state index in [1.807, 2.05) is 17.9 Å². The second-order valence-electron chi connectivity index (χ2n) is 17.6. The van der Waals surface area contributed by atoms with E-state index in [0.29, 0.717) is 34.7 Å². The summed E-state index contributed by atoms with van der Waals surface area (Å²) in [7, 11) is 1.96. The van der Waals surface area contributed by atoms with Crippen LogP contribution in [0.5, 0.6) is 0 Å². The first-order valence-electron chi connectivity index (χ1n) is 22.0. The molecule has 4 fully saturated rings. The minimum Gasteiger partial charge on any atom is -0.465 e. The van der Waals surface area contributed by atoms with E-state index < -0.39 is 23.9 Å².